The summed E-state index contributed by atoms with van der Waals surface area (Å²) < 4.78 is 5.22. The van der Waals surface area contributed by atoms with Gasteiger partial charge in [0.1, 0.15) is 0 Å². The minimum Gasteiger partial charge on any atom is -0.448 e. The average Bonchev–Trinajstić information content (AvgIpc) is 1.81. The van der Waals surface area contributed by atoms with Gasteiger partial charge in [0.05, 0.1) is 5.76 Å². The van der Waals surface area contributed by atoms with Crippen molar-refractivity contribution in [2.45, 2.75) is 20.8 Å². The van der Waals surface area contributed by atoms with Crippen molar-refractivity contribution in [3.05, 3.63) is 12.3 Å². The van der Waals surface area contributed by atoms with Gasteiger partial charge in [-0.25, -0.2) is 0 Å². The topological polar surface area (TPSA) is 21.6 Å². The zero-order valence-corrected chi connectivity index (χ0v) is 7.14. The van der Waals surface area contributed by atoms with E-state index >= 15 is 0 Å². The van der Waals surface area contributed by atoms with Crippen molar-refractivity contribution in [2.24, 2.45) is 10.9 Å². The molecule has 0 spiro atoms. The van der Waals surface area contributed by atoms with Gasteiger partial charge in [0, 0.05) is 13.0 Å². The number of aliphatic imine (C=N–C) groups is 1. The van der Waals surface area contributed by atoms with Gasteiger partial charge in [-0.3, -0.25) is 4.99 Å². The van der Waals surface area contributed by atoms with Crippen molar-refractivity contribution in [1.82, 2.24) is 0 Å². The summed E-state index contributed by atoms with van der Waals surface area (Å²) >= 11 is 0. The van der Waals surface area contributed by atoms with E-state index in [9.17, 15) is 0 Å². The summed E-state index contributed by atoms with van der Waals surface area (Å²) in [6, 6.07) is 0. The van der Waals surface area contributed by atoms with E-state index in [0.717, 1.165) is 5.90 Å². The Hall–Kier alpha value is -0.790. The zero-order chi connectivity index (χ0) is 8.15. The molecule has 0 heterocycles. The number of hydrogen-bond acceptors (Lipinski definition) is 2. The fourth-order valence-electron chi connectivity index (χ4n) is 0.600. The molecular weight excluding hydrogens is 126 g/mol. The molecule has 0 rings (SSSR count). The molecule has 0 unspecified atom stereocenters. The van der Waals surface area contributed by atoms with Crippen molar-refractivity contribution >= 4 is 5.90 Å². The smallest absolute Gasteiger partial charge is 0.191 e. The number of allylic oxidation sites excluding steroid dienone is 1. The van der Waals surface area contributed by atoms with Gasteiger partial charge in [-0.1, -0.05) is 20.4 Å². The molecule has 0 radical (unpaired) electrons. The largest absolute Gasteiger partial charge is 0.448 e. The third-order valence-corrected chi connectivity index (χ3v) is 0.993. The van der Waals surface area contributed by atoms with Gasteiger partial charge in [-0.05, 0) is 6.92 Å². The van der Waals surface area contributed by atoms with E-state index in [4.69, 9.17) is 4.74 Å². The first-order chi connectivity index (χ1) is 4.57. The Morgan fingerprint density at radius 2 is 2.00 bits per heavy atom. The third kappa shape index (κ3) is 3.28. The standard InChI is InChI=1S/C8H15NO/c1-6(2)8(9-5)10-7(3)4/h6H,3H2,1-2,4-5H3. The highest BCUT2D eigenvalue weighted by Crippen LogP contribution is 2.02. The molecule has 0 saturated heterocycles. The molecule has 0 fully saturated rings. The molecule has 0 amide bonds. The Balaban J connectivity index is 3.99. The highest BCUT2D eigenvalue weighted by atomic mass is 16.5. The van der Waals surface area contributed by atoms with Crippen LogP contribution < -0.4 is 0 Å². The Labute approximate surface area is 62.6 Å². The normalized spacial score (nSPS) is 11.9. The fourth-order valence-corrected chi connectivity index (χ4v) is 0.600. The van der Waals surface area contributed by atoms with Crippen LogP contribution in [0.4, 0.5) is 0 Å². The summed E-state index contributed by atoms with van der Waals surface area (Å²) in [5.41, 5.74) is 0. The fraction of sp³-hybridized carbons (Fsp3) is 0.625. The molecule has 0 bridgehead atoms. The van der Waals surface area contributed by atoms with Crippen molar-refractivity contribution < 1.29 is 4.74 Å². The molecule has 0 N–H and O–H groups in total. The number of hydrogen-bond donors (Lipinski definition) is 0. The van der Waals surface area contributed by atoms with Crippen LogP contribution in [0, 0.1) is 5.92 Å². The van der Waals surface area contributed by atoms with E-state index in [1.165, 1.54) is 0 Å². The molecular formula is C8H15NO. The first kappa shape index (κ1) is 9.21. The Kier molecular flexibility index (Phi) is 3.77. The van der Waals surface area contributed by atoms with Crippen LogP contribution in [0.2, 0.25) is 0 Å². The van der Waals surface area contributed by atoms with Gasteiger partial charge < -0.3 is 4.74 Å². The van der Waals surface area contributed by atoms with Gasteiger partial charge >= 0.3 is 0 Å². The van der Waals surface area contributed by atoms with E-state index in [-0.39, 0.29) is 0 Å². The van der Waals surface area contributed by atoms with Gasteiger partial charge in [-0.2, -0.15) is 0 Å². The summed E-state index contributed by atoms with van der Waals surface area (Å²) in [5.74, 6) is 1.77. The Bertz CT molecular complexity index is 147. The second-order valence-electron chi connectivity index (χ2n) is 2.52. The number of nitrogens with zero attached hydrogens (tertiary/aromatic N) is 1. The third-order valence-electron chi connectivity index (χ3n) is 0.993. The zero-order valence-electron chi connectivity index (χ0n) is 7.14. The van der Waals surface area contributed by atoms with E-state index in [2.05, 4.69) is 11.6 Å². The molecule has 10 heavy (non-hydrogen) atoms. The number of rotatable bonds is 2. The first-order valence-corrected chi connectivity index (χ1v) is 3.38. The average molecular weight is 141 g/mol. The quantitative estimate of drug-likeness (QED) is 0.328. The van der Waals surface area contributed by atoms with Crippen LogP contribution in [-0.4, -0.2) is 12.9 Å². The molecule has 0 aromatic rings. The van der Waals surface area contributed by atoms with Crippen LogP contribution in [-0.2, 0) is 4.74 Å². The lowest BCUT2D eigenvalue weighted by molar-refractivity contribution is 0.390. The van der Waals surface area contributed by atoms with Crippen molar-refractivity contribution in [2.75, 3.05) is 7.05 Å². The summed E-state index contributed by atoms with van der Waals surface area (Å²) in [5, 5.41) is 0. The molecule has 2 heteroatoms. The second-order valence-corrected chi connectivity index (χ2v) is 2.52. The minimum atomic E-state index is 0.335. The van der Waals surface area contributed by atoms with E-state index in [0.29, 0.717) is 11.7 Å². The summed E-state index contributed by atoms with van der Waals surface area (Å²) in [6.45, 7) is 9.50. The van der Waals surface area contributed by atoms with Gasteiger partial charge in [0.15, 0.2) is 5.90 Å². The van der Waals surface area contributed by atoms with E-state index in [1.54, 1.807) is 7.05 Å². The molecule has 0 aromatic carbocycles. The molecule has 2 nitrogen and oxygen atoms in total. The lowest BCUT2D eigenvalue weighted by Crippen LogP contribution is -2.10. The van der Waals surface area contributed by atoms with Gasteiger partial charge in [-0.15, -0.1) is 0 Å². The highest BCUT2D eigenvalue weighted by Gasteiger charge is 2.04. The van der Waals surface area contributed by atoms with Gasteiger partial charge in [0.25, 0.3) is 0 Å². The maximum atomic E-state index is 5.22. The van der Waals surface area contributed by atoms with E-state index < -0.39 is 0 Å². The summed E-state index contributed by atoms with van der Waals surface area (Å²) in [7, 11) is 1.72. The van der Waals surface area contributed by atoms with E-state index in [1.807, 2.05) is 20.8 Å². The highest BCUT2D eigenvalue weighted by molar-refractivity contribution is 5.78. The second kappa shape index (κ2) is 4.09. The Morgan fingerprint density at radius 3 is 2.10 bits per heavy atom. The van der Waals surface area contributed by atoms with Crippen LogP contribution in [0.1, 0.15) is 20.8 Å². The SMILES string of the molecule is C=C(C)OC(=NC)C(C)C. The molecule has 58 valence electrons. The van der Waals surface area contributed by atoms with Crippen LogP contribution in [0.3, 0.4) is 0 Å². The molecule has 0 saturated carbocycles. The maximum absolute atomic E-state index is 5.22. The molecule has 0 aliphatic heterocycles. The molecule has 0 aromatic heterocycles. The molecule has 0 atom stereocenters. The van der Waals surface area contributed by atoms with Crippen LogP contribution in [0.25, 0.3) is 0 Å². The monoisotopic (exact) mass is 141 g/mol. The maximum Gasteiger partial charge on any atom is 0.191 e. The van der Waals surface area contributed by atoms with Crippen LogP contribution >= 0.6 is 0 Å². The first-order valence-electron chi connectivity index (χ1n) is 3.38. The molecule has 0 aliphatic carbocycles. The predicted octanol–water partition coefficient (Wildman–Crippen LogP) is 2.22. The molecule has 0 aliphatic rings. The summed E-state index contributed by atoms with van der Waals surface area (Å²) in [4.78, 5) is 3.96. The predicted molar refractivity (Wildman–Crippen MR) is 44.1 cm³/mol. The van der Waals surface area contributed by atoms with Crippen molar-refractivity contribution in [3.8, 4) is 0 Å². The lowest BCUT2D eigenvalue weighted by atomic mass is 10.2. The van der Waals surface area contributed by atoms with Gasteiger partial charge in [0.2, 0.25) is 0 Å². The lowest BCUT2D eigenvalue weighted by Gasteiger charge is -2.09. The Morgan fingerprint density at radius 1 is 1.50 bits per heavy atom. The summed E-state index contributed by atoms with van der Waals surface area (Å²) in [6.07, 6.45) is 0. The van der Waals surface area contributed by atoms with Crippen molar-refractivity contribution in [1.29, 1.82) is 0 Å². The number of ether oxygens (including phenoxy) is 1. The van der Waals surface area contributed by atoms with Crippen LogP contribution in [0.5, 0.6) is 0 Å². The van der Waals surface area contributed by atoms with Crippen LogP contribution in [0.15, 0.2) is 17.3 Å². The minimum absolute atomic E-state index is 0.335. The van der Waals surface area contributed by atoms with Crippen molar-refractivity contribution in [3.63, 3.8) is 0 Å².